The molecule has 0 unspecified atom stereocenters. The first-order chi connectivity index (χ1) is 11.5. The molecule has 0 N–H and O–H groups in total. The summed E-state index contributed by atoms with van der Waals surface area (Å²) < 4.78 is 2.19. The summed E-state index contributed by atoms with van der Waals surface area (Å²) in [4.78, 5) is 16.1. The van der Waals surface area contributed by atoms with E-state index in [1.165, 1.54) is 12.1 Å². The van der Waals surface area contributed by atoms with Gasteiger partial charge in [0.1, 0.15) is 10.3 Å². The Hall–Kier alpha value is -2.44. The van der Waals surface area contributed by atoms with Crippen LogP contribution in [0.4, 0.5) is 5.69 Å². The van der Waals surface area contributed by atoms with Crippen molar-refractivity contribution >= 4 is 49.9 Å². The molecule has 5 nitrogen and oxygen atoms in total. The van der Waals surface area contributed by atoms with Gasteiger partial charge in [-0.3, -0.25) is 10.1 Å². The Balaban J connectivity index is 1.86. The van der Waals surface area contributed by atoms with E-state index in [9.17, 15) is 10.1 Å². The average Bonchev–Trinajstić information content (AvgIpc) is 3.05. The van der Waals surface area contributed by atoms with Gasteiger partial charge in [0.25, 0.3) is 5.69 Å². The zero-order chi connectivity index (χ0) is 16.8. The van der Waals surface area contributed by atoms with Crippen LogP contribution in [-0.2, 0) is 6.54 Å². The molecule has 7 heteroatoms. The number of hydrogen-bond acceptors (Lipinski definition) is 4. The van der Waals surface area contributed by atoms with Crippen LogP contribution in [-0.4, -0.2) is 14.5 Å². The molecule has 120 valence electrons. The summed E-state index contributed by atoms with van der Waals surface area (Å²) in [7, 11) is 0. The fourth-order valence-corrected chi connectivity index (χ4v) is 3.99. The summed E-state index contributed by atoms with van der Waals surface area (Å²) in [5.41, 5.74) is 3.12. The summed E-state index contributed by atoms with van der Waals surface area (Å²) in [5, 5.41) is 13.5. The molecule has 24 heavy (non-hydrogen) atoms. The lowest BCUT2D eigenvalue weighted by Gasteiger charge is -2.06. The number of benzene rings is 2. The van der Waals surface area contributed by atoms with Crippen molar-refractivity contribution in [2.45, 2.75) is 13.5 Å². The number of rotatable bonds is 3. The number of fused-ring (bicyclic) bond motifs is 3. The SMILES string of the molecule is Cc1nc2c3cc(Cl)ccc3n(Cc3ccc([N+](=O)[O-])cc3)c2s1. The van der Waals surface area contributed by atoms with E-state index in [2.05, 4.69) is 9.55 Å². The molecule has 4 aromatic rings. The molecule has 0 amide bonds. The van der Waals surface area contributed by atoms with Crippen molar-refractivity contribution in [2.24, 2.45) is 0 Å². The predicted octanol–water partition coefficient (Wildman–Crippen LogP) is 5.17. The standard InChI is InChI=1S/C17H12ClN3O2S/c1-10-19-16-14-8-12(18)4-7-15(14)20(17(16)24-10)9-11-2-5-13(6-3-11)21(22)23/h2-8H,9H2,1H3. The highest BCUT2D eigenvalue weighted by Crippen LogP contribution is 2.34. The lowest BCUT2D eigenvalue weighted by molar-refractivity contribution is -0.384. The third-order valence-electron chi connectivity index (χ3n) is 3.95. The Morgan fingerprint density at radius 2 is 2.00 bits per heavy atom. The molecule has 4 rings (SSSR count). The fourth-order valence-electron chi connectivity index (χ4n) is 2.88. The van der Waals surface area contributed by atoms with E-state index in [0.717, 1.165) is 31.8 Å². The van der Waals surface area contributed by atoms with Gasteiger partial charge in [0.2, 0.25) is 0 Å². The largest absolute Gasteiger partial charge is 0.326 e. The summed E-state index contributed by atoms with van der Waals surface area (Å²) in [5.74, 6) is 0. The highest BCUT2D eigenvalue weighted by molar-refractivity contribution is 7.18. The number of non-ortho nitro benzene ring substituents is 1. The molecular weight excluding hydrogens is 346 g/mol. The van der Waals surface area contributed by atoms with Crippen molar-refractivity contribution in [3.05, 3.63) is 68.2 Å². The third kappa shape index (κ3) is 2.44. The molecule has 2 aromatic carbocycles. The third-order valence-corrected chi connectivity index (χ3v) is 5.18. The van der Waals surface area contributed by atoms with E-state index in [-0.39, 0.29) is 10.6 Å². The van der Waals surface area contributed by atoms with Crippen LogP contribution in [0.1, 0.15) is 10.6 Å². The Bertz CT molecular complexity index is 1080. The molecule has 0 spiro atoms. The lowest BCUT2D eigenvalue weighted by atomic mass is 10.2. The van der Waals surface area contributed by atoms with Crippen LogP contribution in [0.5, 0.6) is 0 Å². The quantitative estimate of drug-likeness (QED) is 0.375. The van der Waals surface area contributed by atoms with Gasteiger partial charge in [-0.25, -0.2) is 4.98 Å². The summed E-state index contributed by atoms with van der Waals surface area (Å²) in [6, 6.07) is 12.4. The molecule has 0 aliphatic heterocycles. The maximum Gasteiger partial charge on any atom is 0.269 e. The average molecular weight is 358 g/mol. The number of halogens is 1. The van der Waals surface area contributed by atoms with Crippen molar-refractivity contribution < 1.29 is 4.92 Å². The highest BCUT2D eigenvalue weighted by atomic mass is 35.5. The monoisotopic (exact) mass is 357 g/mol. The van der Waals surface area contributed by atoms with E-state index < -0.39 is 0 Å². The molecule has 0 aliphatic rings. The second kappa shape index (κ2) is 5.58. The molecule has 0 radical (unpaired) electrons. The van der Waals surface area contributed by atoms with Crippen molar-refractivity contribution in [1.82, 2.24) is 9.55 Å². The number of aromatic nitrogens is 2. The first-order valence-electron chi connectivity index (χ1n) is 7.31. The summed E-state index contributed by atoms with van der Waals surface area (Å²) in [6.45, 7) is 2.61. The van der Waals surface area contributed by atoms with Crippen molar-refractivity contribution in [3.63, 3.8) is 0 Å². The number of aryl methyl sites for hydroxylation is 1. The number of nitrogens with zero attached hydrogens (tertiary/aromatic N) is 3. The van der Waals surface area contributed by atoms with Crippen LogP contribution in [0.15, 0.2) is 42.5 Å². The van der Waals surface area contributed by atoms with Gasteiger partial charge in [-0.15, -0.1) is 11.3 Å². The van der Waals surface area contributed by atoms with E-state index in [1.807, 2.05) is 25.1 Å². The molecule has 0 saturated carbocycles. The Morgan fingerprint density at radius 3 is 2.71 bits per heavy atom. The second-order valence-electron chi connectivity index (χ2n) is 5.56. The topological polar surface area (TPSA) is 61.0 Å². The van der Waals surface area contributed by atoms with Crippen LogP contribution >= 0.6 is 22.9 Å². The molecule has 0 atom stereocenters. The van der Waals surface area contributed by atoms with Gasteiger partial charge in [0.05, 0.1) is 15.4 Å². The van der Waals surface area contributed by atoms with Gasteiger partial charge in [-0.2, -0.15) is 0 Å². The minimum absolute atomic E-state index is 0.0988. The first kappa shape index (κ1) is 15.1. The maximum absolute atomic E-state index is 10.8. The second-order valence-corrected chi connectivity index (χ2v) is 7.18. The Labute approximate surface area is 146 Å². The number of nitro benzene ring substituents is 1. The molecule has 0 fully saturated rings. The molecule has 2 heterocycles. The van der Waals surface area contributed by atoms with E-state index in [4.69, 9.17) is 11.6 Å². The zero-order valence-corrected chi connectivity index (χ0v) is 14.3. The minimum Gasteiger partial charge on any atom is -0.326 e. The zero-order valence-electron chi connectivity index (χ0n) is 12.7. The van der Waals surface area contributed by atoms with Crippen LogP contribution in [0.2, 0.25) is 5.02 Å². The molecule has 2 aromatic heterocycles. The minimum atomic E-state index is -0.387. The van der Waals surface area contributed by atoms with E-state index in [1.54, 1.807) is 23.5 Å². The van der Waals surface area contributed by atoms with E-state index >= 15 is 0 Å². The number of hydrogen-bond donors (Lipinski definition) is 0. The van der Waals surface area contributed by atoms with Crippen LogP contribution in [0.25, 0.3) is 21.3 Å². The Morgan fingerprint density at radius 1 is 1.25 bits per heavy atom. The van der Waals surface area contributed by atoms with Crippen molar-refractivity contribution in [3.8, 4) is 0 Å². The molecule has 0 aliphatic carbocycles. The van der Waals surface area contributed by atoms with Gasteiger partial charge >= 0.3 is 0 Å². The molecule has 0 saturated heterocycles. The first-order valence-corrected chi connectivity index (χ1v) is 8.50. The number of thiazole rings is 1. The van der Waals surface area contributed by atoms with Gasteiger partial charge in [0.15, 0.2) is 0 Å². The smallest absolute Gasteiger partial charge is 0.269 e. The van der Waals surface area contributed by atoms with Gasteiger partial charge in [-0.05, 0) is 30.7 Å². The van der Waals surface area contributed by atoms with E-state index in [0.29, 0.717) is 11.6 Å². The van der Waals surface area contributed by atoms with Gasteiger partial charge in [0, 0.05) is 29.1 Å². The fraction of sp³-hybridized carbons (Fsp3) is 0.118. The molecule has 0 bridgehead atoms. The van der Waals surface area contributed by atoms with Crippen molar-refractivity contribution in [1.29, 1.82) is 0 Å². The predicted molar refractivity (Wildman–Crippen MR) is 97.1 cm³/mol. The summed E-state index contributed by atoms with van der Waals surface area (Å²) >= 11 is 7.78. The maximum atomic E-state index is 10.8. The highest BCUT2D eigenvalue weighted by Gasteiger charge is 2.15. The van der Waals surface area contributed by atoms with Crippen LogP contribution < -0.4 is 0 Å². The van der Waals surface area contributed by atoms with Gasteiger partial charge < -0.3 is 4.57 Å². The van der Waals surface area contributed by atoms with Crippen molar-refractivity contribution in [2.75, 3.05) is 0 Å². The summed E-state index contributed by atoms with van der Waals surface area (Å²) in [6.07, 6.45) is 0. The van der Waals surface area contributed by atoms with Gasteiger partial charge in [-0.1, -0.05) is 23.7 Å². The number of nitro groups is 1. The molecular formula is C17H12ClN3O2S. The lowest BCUT2D eigenvalue weighted by Crippen LogP contribution is -1.98. The van der Waals surface area contributed by atoms with Crippen LogP contribution in [0, 0.1) is 17.0 Å². The van der Waals surface area contributed by atoms with Crippen LogP contribution in [0.3, 0.4) is 0 Å². The Kier molecular flexibility index (Phi) is 3.51. The normalized spacial score (nSPS) is 11.4.